The average molecular weight is 361 g/mol. The third-order valence-electron chi connectivity index (χ3n) is 6.54. The Morgan fingerprint density at radius 2 is 1.15 bits per heavy atom. The standard InChI is InChI=1S/C25H32Si/c1-16-8-10-23(11-9-16)15-25(21(6)19(4)20(5)22(25)7)26-24-13-17(2)12-18(3)14-24/h8-14H,15,26H2,1-7H3. The molecule has 0 N–H and O–H groups in total. The van der Waals surface area contributed by atoms with Crippen molar-refractivity contribution in [1.82, 2.24) is 0 Å². The maximum absolute atomic E-state index is 2.43. The Kier molecular flexibility index (Phi) is 5.12. The van der Waals surface area contributed by atoms with E-state index >= 15 is 0 Å². The maximum Gasteiger partial charge on any atom is 0.0713 e. The summed E-state index contributed by atoms with van der Waals surface area (Å²) in [6.45, 7) is 16.0. The molecule has 1 aliphatic carbocycles. The van der Waals surface area contributed by atoms with Gasteiger partial charge >= 0.3 is 0 Å². The summed E-state index contributed by atoms with van der Waals surface area (Å²) in [7, 11) is -0.512. The zero-order valence-electron chi connectivity index (χ0n) is 17.5. The molecule has 0 saturated carbocycles. The van der Waals surface area contributed by atoms with Crippen LogP contribution in [0.5, 0.6) is 0 Å². The first-order valence-electron chi connectivity index (χ1n) is 9.72. The number of hydrogen-bond donors (Lipinski definition) is 0. The predicted octanol–water partition coefficient (Wildman–Crippen LogP) is 5.49. The van der Waals surface area contributed by atoms with Crippen LogP contribution in [0.1, 0.15) is 49.9 Å². The molecule has 0 amide bonds. The molecule has 0 atom stereocenters. The zero-order chi connectivity index (χ0) is 19.1. The van der Waals surface area contributed by atoms with Crippen molar-refractivity contribution in [2.24, 2.45) is 0 Å². The van der Waals surface area contributed by atoms with Crippen LogP contribution in [0.4, 0.5) is 0 Å². The van der Waals surface area contributed by atoms with Crippen molar-refractivity contribution in [2.45, 2.75) is 59.9 Å². The third kappa shape index (κ3) is 3.37. The SMILES string of the molecule is CC1=C(C)C(Cc2ccc(C)cc2)([SiH2]c2cc(C)cc(C)c2)C(C)=C1C. The maximum atomic E-state index is 2.43. The molecule has 0 aromatic heterocycles. The normalized spacial score (nSPS) is 17.0. The molecule has 0 bridgehead atoms. The van der Waals surface area contributed by atoms with Crippen LogP contribution in [0.15, 0.2) is 64.8 Å². The summed E-state index contributed by atoms with van der Waals surface area (Å²) in [6, 6.07) is 16.3. The van der Waals surface area contributed by atoms with Crippen LogP contribution in [-0.2, 0) is 6.42 Å². The Labute approximate surface area is 161 Å². The van der Waals surface area contributed by atoms with Crippen molar-refractivity contribution in [2.75, 3.05) is 0 Å². The quantitative estimate of drug-likeness (QED) is 0.632. The first kappa shape index (κ1) is 18.9. The van der Waals surface area contributed by atoms with Gasteiger partial charge in [0, 0.05) is 5.04 Å². The van der Waals surface area contributed by atoms with Crippen LogP contribution in [0, 0.1) is 20.8 Å². The molecule has 0 unspecified atom stereocenters. The number of benzene rings is 2. The molecule has 1 aliphatic rings. The smallest absolute Gasteiger partial charge is 0.0650 e. The summed E-state index contributed by atoms with van der Waals surface area (Å²) in [4.78, 5) is 0. The Hall–Kier alpha value is -1.86. The second kappa shape index (κ2) is 7.04. The van der Waals surface area contributed by atoms with Crippen molar-refractivity contribution >= 4 is 14.7 Å². The number of allylic oxidation sites excluding steroid dienone is 4. The van der Waals surface area contributed by atoms with Crippen LogP contribution < -0.4 is 5.19 Å². The lowest BCUT2D eigenvalue weighted by atomic mass is 9.88. The molecule has 0 heterocycles. The molecule has 0 nitrogen and oxygen atoms in total. The highest BCUT2D eigenvalue weighted by Gasteiger charge is 2.40. The fourth-order valence-corrected chi connectivity index (χ4v) is 7.75. The van der Waals surface area contributed by atoms with Gasteiger partial charge in [0.2, 0.25) is 0 Å². The molecule has 0 fully saturated rings. The third-order valence-corrected chi connectivity index (χ3v) is 9.27. The topological polar surface area (TPSA) is 0 Å². The fraction of sp³-hybridized carbons (Fsp3) is 0.360. The highest BCUT2D eigenvalue weighted by atomic mass is 28.2. The van der Waals surface area contributed by atoms with E-state index in [0.717, 1.165) is 6.42 Å². The molecule has 2 aromatic rings. The van der Waals surface area contributed by atoms with Gasteiger partial charge in [0.1, 0.15) is 0 Å². The highest BCUT2D eigenvalue weighted by molar-refractivity contribution is 6.59. The van der Waals surface area contributed by atoms with E-state index in [1.807, 2.05) is 0 Å². The minimum Gasteiger partial charge on any atom is -0.0650 e. The number of hydrogen-bond acceptors (Lipinski definition) is 0. The summed E-state index contributed by atoms with van der Waals surface area (Å²) >= 11 is 0. The Morgan fingerprint density at radius 1 is 0.654 bits per heavy atom. The van der Waals surface area contributed by atoms with Crippen LogP contribution >= 0.6 is 0 Å². The number of aryl methyl sites for hydroxylation is 3. The molecule has 3 rings (SSSR count). The average Bonchev–Trinajstić information content (AvgIpc) is 2.72. The van der Waals surface area contributed by atoms with E-state index in [1.54, 1.807) is 16.3 Å². The highest BCUT2D eigenvalue weighted by Crippen LogP contribution is 2.53. The molecule has 0 radical (unpaired) electrons. The van der Waals surface area contributed by atoms with Crippen molar-refractivity contribution < 1.29 is 0 Å². The molecular formula is C25H32Si. The van der Waals surface area contributed by atoms with E-state index in [-0.39, 0.29) is 5.04 Å². The summed E-state index contributed by atoms with van der Waals surface area (Å²) in [5.41, 5.74) is 11.9. The molecule has 0 spiro atoms. The van der Waals surface area contributed by atoms with Gasteiger partial charge in [-0.2, -0.15) is 0 Å². The molecule has 26 heavy (non-hydrogen) atoms. The summed E-state index contributed by atoms with van der Waals surface area (Å²) in [6.07, 6.45) is 1.14. The van der Waals surface area contributed by atoms with Crippen LogP contribution in [-0.4, -0.2) is 9.52 Å². The first-order valence-corrected chi connectivity index (χ1v) is 11.1. The Bertz CT molecular complexity index is 850. The zero-order valence-corrected chi connectivity index (χ0v) is 18.9. The predicted molar refractivity (Wildman–Crippen MR) is 118 cm³/mol. The van der Waals surface area contributed by atoms with Crippen LogP contribution in [0.3, 0.4) is 0 Å². The van der Waals surface area contributed by atoms with Gasteiger partial charge in [0.25, 0.3) is 0 Å². The van der Waals surface area contributed by atoms with Crippen molar-refractivity contribution in [3.05, 3.63) is 87.0 Å². The first-order chi connectivity index (χ1) is 12.2. The lowest BCUT2D eigenvalue weighted by molar-refractivity contribution is 0.736. The Morgan fingerprint density at radius 3 is 1.65 bits per heavy atom. The molecule has 0 saturated heterocycles. The second-order valence-electron chi connectivity index (χ2n) is 8.42. The van der Waals surface area contributed by atoms with Gasteiger partial charge in [-0.3, -0.25) is 0 Å². The van der Waals surface area contributed by atoms with E-state index in [0.29, 0.717) is 0 Å². The van der Waals surface area contributed by atoms with Gasteiger partial charge in [0.15, 0.2) is 0 Å². The molecule has 136 valence electrons. The van der Waals surface area contributed by atoms with Crippen molar-refractivity contribution in [3.63, 3.8) is 0 Å². The minimum absolute atomic E-state index is 0.240. The largest absolute Gasteiger partial charge is 0.0713 e. The van der Waals surface area contributed by atoms with E-state index in [9.17, 15) is 0 Å². The van der Waals surface area contributed by atoms with Gasteiger partial charge in [-0.25, -0.2) is 0 Å². The van der Waals surface area contributed by atoms with Gasteiger partial charge in [-0.05, 0) is 71.6 Å². The second-order valence-corrected chi connectivity index (χ2v) is 10.8. The number of rotatable bonds is 4. The van der Waals surface area contributed by atoms with Gasteiger partial charge in [-0.15, -0.1) is 0 Å². The van der Waals surface area contributed by atoms with Crippen molar-refractivity contribution in [1.29, 1.82) is 0 Å². The van der Waals surface area contributed by atoms with Gasteiger partial charge in [-0.1, -0.05) is 75.5 Å². The van der Waals surface area contributed by atoms with E-state index in [2.05, 4.69) is 90.9 Å². The lowest BCUT2D eigenvalue weighted by Gasteiger charge is -2.34. The lowest BCUT2D eigenvalue weighted by Crippen LogP contribution is -2.33. The summed E-state index contributed by atoms with van der Waals surface area (Å²) in [5.74, 6) is 0. The fourth-order valence-electron chi connectivity index (χ4n) is 4.73. The molecule has 2 aromatic carbocycles. The Balaban J connectivity index is 2.09. The summed E-state index contributed by atoms with van der Waals surface area (Å²) < 4.78 is 0. The molecule has 1 heteroatoms. The molecule has 0 aliphatic heterocycles. The van der Waals surface area contributed by atoms with E-state index in [1.165, 1.54) is 33.4 Å². The van der Waals surface area contributed by atoms with Crippen molar-refractivity contribution in [3.8, 4) is 0 Å². The van der Waals surface area contributed by atoms with E-state index in [4.69, 9.17) is 0 Å². The minimum atomic E-state index is -0.512. The van der Waals surface area contributed by atoms with Gasteiger partial charge < -0.3 is 0 Å². The van der Waals surface area contributed by atoms with Crippen LogP contribution in [0.25, 0.3) is 0 Å². The monoisotopic (exact) mass is 360 g/mol. The van der Waals surface area contributed by atoms with Crippen LogP contribution in [0.2, 0.25) is 5.04 Å². The van der Waals surface area contributed by atoms with E-state index < -0.39 is 9.52 Å². The van der Waals surface area contributed by atoms with Gasteiger partial charge in [0.05, 0.1) is 9.52 Å². The molecular weight excluding hydrogens is 328 g/mol. The summed E-state index contributed by atoms with van der Waals surface area (Å²) in [5, 5.41) is 1.83.